The smallest absolute Gasteiger partial charge is 0.411 e. The van der Waals surface area contributed by atoms with E-state index in [1.54, 1.807) is 0 Å². The van der Waals surface area contributed by atoms with Crippen molar-refractivity contribution in [1.82, 2.24) is 4.57 Å². The van der Waals surface area contributed by atoms with Crippen LogP contribution < -0.4 is 15.8 Å². The van der Waals surface area contributed by atoms with Crippen LogP contribution in [0.15, 0.2) is 66.7 Å². The number of carbonyl (C=O) groups excluding carboxylic acids is 1. The lowest BCUT2D eigenvalue weighted by molar-refractivity contribution is 0.108. The molecule has 4 aromatic rings. The van der Waals surface area contributed by atoms with Gasteiger partial charge in [-0.1, -0.05) is 24.3 Å². The molecule has 1 aromatic heterocycles. The number of hydrogen-bond acceptors (Lipinski definition) is 4. The number of amides is 1. The van der Waals surface area contributed by atoms with Crippen LogP contribution in [0.2, 0.25) is 0 Å². The number of nitrogens with one attached hydrogen (secondary N) is 1. The number of nitrogens with two attached hydrogens (primary N) is 1. The lowest BCUT2D eigenvalue weighted by Gasteiger charge is -2.30. The molecule has 6 rings (SSSR count). The predicted molar refractivity (Wildman–Crippen MR) is 154 cm³/mol. The van der Waals surface area contributed by atoms with Gasteiger partial charge in [-0.15, -0.1) is 0 Å². The van der Waals surface area contributed by atoms with Gasteiger partial charge in [0.05, 0.1) is 17.8 Å². The second-order valence-corrected chi connectivity index (χ2v) is 10.6. The van der Waals surface area contributed by atoms with Crippen LogP contribution in [-0.4, -0.2) is 23.4 Å². The highest BCUT2D eigenvalue weighted by Gasteiger charge is 2.31. The minimum atomic E-state index is -0.397. The summed E-state index contributed by atoms with van der Waals surface area (Å²) < 4.78 is 13.9. The summed E-state index contributed by atoms with van der Waals surface area (Å²) in [6.07, 6.45) is 5.38. The molecule has 0 aliphatic heterocycles. The van der Waals surface area contributed by atoms with Gasteiger partial charge in [-0.3, -0.25) is 5.32 Å². The molecule has 1 heterocycles. The Hall–Kier alpha value is -3.93. The third-order valence-electron chi connectivity index (χ3n) is 7.91. The number of hydrogen-bond donors (Lipinski definition) is 2. The number of benzene rings is 3. The third-order valence-corrected chi connectivity index (χ3v) is 7.91. The van der Waals surface area contributed by atoms with Crippen LogP contribution in [0.1, 0.15) is 52.0 Å². The van der Waals surface area contributed by atoms with Crippen LogP contribution in [0.5, 0.6) is 5.75 Å². The Bertz CT molecular complexity index is 1450. The normalized spacial score (nSPS) is 16.2. The van der Waals surface area contributed by atoms with E-state index in [0.29, 0.717) is 18.6 Å². The van der Waals surface area contributed by atoms with Crippen molar-refractivity contribution in [2.24, 2.45) is 5.92 Å². The first-order valence-corrected chi connectivity index (χ1v) is 13.8. The van der Waals surface area contributed by atoms with Crippen molar-refractivity contribution in [2.45, 2.75) is 58.1 Å². The number of nitrogen functional groups attached to an aromatic ring is 1. The number of anilines is 2. The zero-order valence-corrected chi connectivity index (χ0v) is 22.1. The molecule has 6 heteroatoms. The van der Waals surface area contributed by atoms with Crippen LogP contribution in [0.25, 0.3) is 33.3 Å². The Labute approximate surface area is 223 Å². The number of nitrogens with zero attached hydrogens (tertiary/aromatic N) is 1. The van der Waals surface area contributed by atoms with E-state index in [0.717, 1.165) is 53.9 Å². The SMILES string of the molecule is CCOc1ccc2c(-c3ccc(N)cc3)c(-c3ccc(NC(=O)OC(C)C4CC4)cc3)n(C3CCC3)c2c1. The summed E-state index contributed by atoms with van der Waals surface area (Å²) in [5.41, 5.74) is 13.3. The summed E-state index contributed by atoms with van der Waals surface area (Å²) in [6.45, 7) is 4.61. The molecule has 1 unspecified atom stereocenters. The highest BCUT2D eigenvalue weighted by Crippen LogP contribution is 2.47. The van der Waals surface area contributed by atoms with Crippen LogP contribution in [0.3, 0.4) is 0 Å². The second kappa shape index (κ2) is 10.1. The maximum atomic E-state index is 12.4. The number of aromatic nitrogens is 1. The second-order valence-electron chi connectivity index (χ2n) is 10.6. The fraction of sp³-hybridized carbons (Fsp3) is 0.344. The van der Waals surface area contributed by atoms with Gasteiger partial charge in [0.1, 0.15) is 11.9 Å². The first kappa shape index (κ1) is 24.4. The van der Waals surface area contributed by atoms with Gasteiger partial charge in [-0.25, -0.2) is 4.79 Å². The summed E-state index contributed by atoms with van der Waals surface area (Å²) in [7, 11) is 0. The molecule has 0 bridgehead atoms. The van der Waals surface area contributed by atoms with Gasteiger partial charge in [-0.05, 0) is 99.4 Å². The Kier molecular flexibility index (Phi) is 6.48. The molecule has 2 aliphatic rings. The average molecular weight is 510 g/mol. The fourth-order valence-electron chi connectivity index (χ4n) is 5.49. The topological polar surface area (TPSA) is 78.5 Å². The molecule has 1 amide bonds. The number of ether oxygens (including phenoxy) is 2. The molecule has 3 aromatic carbocycles. The van der Waals surface area contributed by atoms with Gasteiger partial charge >= 0.3 is 6.09 Å². The molecule has 2 saturated carbocycles. The lowest BCUT2D eigenvalue weighted by Crippen LogP contribution is -2.21. The summed E-state index contributed by atoms with van der Waals surface area (Å²) in [5.74, 6) is 1.39. The van der Waals surface area contributed by atoms with Crippen molar-refractivity contribution in [2.75, 3.05) is 17.7 Å². The maximum absolute atomic E-state index is 12.4. The van der Waals surface area contributed by atoms with E-state index in [1.807, 2.05) is 38.1 Å². The highest BCUT2D eigenvalue weighted by molar-refractivity contribution is 6.05. The molecule has 1 atom stereocenters. The van der Waals surface area contributed by atoms with Crippen LogP contribution in [0, 0.1) is 5.92 Å². The molecule has 2 aliphatic carbocycles. The van der Waals surface area contributed by atoms with Gasteiger partial charge in [0.2, 0.25) is 0 Å². The van der Waals surface area contributed by atoms with Crippen molar-refractivity contribution in [3.63, 3.8) is 0 Å². The zero-order chi connectivity index (χ0) is 26.2. The first-order valence-electron chi connectivity index (χ1n) is 13.8. The summed E-state index contributed by atoms with van der Waals surface area (Å²) >= 11 is 0. The van der Waals surface area contributed by atoms with Gasteiger partial charge < -0.3 is 19.8 Å². The summed E-state index contributed by atoms with van der Waals surface area (Å²) in [6, 6.07) is 23.1. The standard InChI is InChI=1S/C32H35N3O3/c1-3-37-27-17-18-28-29(19-27)35(26-5-4-6-26)31(30(28)22-9-13-24(33)14-10-22)23-11-15-25(16-12-23)34-32(36)38-20(2)21-7-8-21/h9-21,26H,3-8,33H2,1-2H3,(H,34,36). The molecule has 0 radical (unpaired) electrons. The van der Waals surface area contributed by atoms with Crippen molar-refractivity contribution in [1.29, 1.82) is 0 Å². The molecule has 38 heavy (non-hydrogen) atoms. The minimum Gasteiger partial charge on any atom is -0.494 e. The molecule has 6 nitrogen and oxygen atoms in total. The Morgan fingerprint density at radius 3 is 2.34 bits per heavy atom. The maximum Gasteiger partial charge on any atom is 0.411 e. The van der Waals surface area contributed by atoms with Gasteiger partial charge in [-0.2, -0.15) is 0 Å². The quantitative estimate of drug-likeness (QED) is 0.236. The monoisotopic (exact) mass is 509 g/mol. The van der Waals surface area contributed by atoms with Crippen LogP contribution in [-0.2, 0) is 4.74 Å². The van der Waals surface area contributed by atoms with Crippen LogP contribution in [0.4, 0.5) is 16.2 Å². The first-order chi connectivity index (χ1) is 18.5. The van der Waals surface area contributed by atoms with Gasteiger partial charge in [0.25, 0.3) is 0 Å². The van der Waals surface area contributed by atoms with Crippen molar-refractivity contribution < 1.29 is 14.3 Å². The van der Waals surface area contributed by atoms with E-state index in [-0.39, 0.29) is 6.10 Å². The molecular weight excluding hydrogens is 474 g/mol. The molecule has 196 valence electrons. The Balaban J connectivity index is 1.43. The number of fused-ring (bicyclic) bond motifs is 1. The van der Waals surface area contributed by atoms with E-state index >= 15 is 0 Å². The zero-order valence-electron chi connectivity index (χ0n) is 22.1. The fourth-order valence-corrected chi connectivity index (χ4v) is 5.49. The summed E-state index contributed by atoms with van der Waals surface area (Å²) in [5, 5.41) is 4.09. The molecule has 2 fully saturated rings. The largest absolute Gasteiger partial charge is 0.494 e. The average Bonchev–Trinajstić information content (AvgIpc) is 3.68. The van der Waals surface area contributed by atoms with E-state index < -0.39 is 6.09 Å². The lowest BCUT2D eigenvalue weighted by atomic mass is 9.91. The minimum absolute atomic E-state index is 0.0449. The van der Waals surface area contributed by atoms with Gasteiger partial charge in [0, 0.05) is 34.4 Å². The molecule has 0 saturated heterocycles. The van der Waals surface area contributed by atoms with Crippen molar-refractivity contribution >= 4 is 28.4 Å². The Morgan fingerprint density at radius 1 is 1.00 bits per heavy atom. The van der Waals surface area contributed by atoms with E-state index in [9.17, 15) is 4.79 Å². The Morgan fingerprint density at radius 2 is 1.71 bits per heavy atom. The predicted octanol–water partition coefficient (Wildman–Crippen LogP) is 8.03. The van der Waals surface area contributed by atoms with Gasteiger partial charge in [0.15, 0.2) is 0 Å². The van der Waals surface area contributed by atoms with Crippen molar-refractivity contribution in [3.8, 4) is 28.1 Å². The molecular formula is C32H35N3O3. The third kappa shape index (κ3) is 4.71. The van der Waals surface area contributed by atoms with Crippen LogP contribution >= 0.6 is 0 Å². The highest BCUT2D eigenvalue weighted by atomic mass is 16.6. The molecule has 3 N–H and O–H groups in total. The van der Waals surface area contributed by atoms with E-state index in [4.69, 9.17) is 15.2 Å². The molecule has 0 spiro atoms. The van der Waals surface area contributed by atoms with Crippen molar-refractivity contribution in [3.05, 3.63) is 66.7 Å². The number of carbonyl (C=O) groups is 1. The summed E-state index contributed by atoms with van der Waals surface area (Å²) in [4.78, 5) is 12.4. The van der Waals surface area contributed by atoms with E-state index in [1.165, 1.54) is 28.6 Å². The number of rotatable bonds is 8. The van der Waals surface area contributed by atoms with E-state index in [2.05, 4.69) is 52.3 Å².